The number of halogens is 1. The number of ether oxygens (including phenoxy) is 2. The third-order valence-corrected chi connectivity index (χ3v) is 6.04. The Hall–Kier alpha value is -3.43. The fourth-order valence-electron chi connectivity index (χ4n) is 3.79. The summed E-state index contributed by atoms with van der Waals surface area (Å²) in [7, 11) is 1.56. The van der Waals surface area contributed by atoms with Gasteiger partial charge in [-0.05, 0) is 42.6 Å². The van der Waals surface area contributed by atoms with Gasteiger partial charge in [0.25, 0.3) is 0 Å². The van der Waals surface area contributed by atoms with Gasteiger partial charge in [-0.2, -0.15) is 0 Å². The van der Waals surface area contributed by atoms with Crippen LogP contribution in [0.15, 0.2) is 36.7 Å². The van der Waals surface area contributed by atoms with Crippen molar-refractivity contribution in [2.45, 2.75) is 33.1 Å². The maximum Gasteiger partial charge on any atom is 0.307 e. The van der Waals surface area contributed by atoms with Crippen molar-refractivity contribution in [3.8, 4) is 11.5 Å². The Bertz CT molecular complexity index is 1230. The Labute approximate surface area is 215 Å². The lowest BCUT2D eigenvalue weighted by Crippen LogP contribution is -2.23. The highest BCUT2D eigenvalue weighted by molar-refractivity contribution is 6.31. The van der Waals surface area contributed by atoms with Crippen LogP contribution in [-0.2, 0) is 16.0 Å². The summed E-state index contributed by atoms with van der Waals surface area (Å²) in [5, 5.41) is 13.9. The quantitative estimate of drug-likeness (QED) is 0.279. The number of aromatic nitrogens is 2. The number of carbonyl (C=O) groups is 2. The number of nitrogens with two attached hydrogens (primary N) is 1. The number of nitrogens with one attached hydrogen (secondary N) is 1. The highest BCUT2D eigenvalue weighted by Gasteiger charge is 2.25. The minimum Gasteiger partial charge on any atom is -0.493 e. The van der Waals surface area contributed by atoms with Gasteiger partial charge in [-0.25, -0.2) is 9.97 Å². The van der Waals surface area contributed by atoms with E-state index in [-0.39, 0.29) is 24.5 Å². The van der Waals surface area contributed by atoms with E-state index >= 15 is 0 Å². The summed E-state index contributed by atoms with van der Waals surface area (Å²) in [5.74, 6) is -0.468. The van der Waals surface area contributed by atoms with Crippen LogP contribution in [0.2, 0.25) is 5.02 Å². The van der Waals surface area contributed by atoms with E-state index in [0.717, 1.165) is 0 Å². The van der Waals surface area contributed by atoms with Gasteiger partial charge in [0.2, 0.25) is 0 Å². The number of carbonyl (C=O) groups excluding carboxylic acids is 1. The van der Waals surface area contributed by atoms with Crippen LogP contribution in [0, 0.1) is 11.8 Å². The lowest BCUT2D eigenvalue weighted by molar-refractivity contribution is -0.145. The molecule has 9 nitrogen and oxygen atoms in total. The average molecular weight is 515 g/mol. The number of aliphatic carboxylic acids is 1. The molecule has 0 unspecified atom stereocenters. The second-order valence-electron chi connectivity index (χ2n) is 8.77. The van der Waals surface area contributed by atoms with E-state index in [1.807, 2.05) is 0 Å². The molecule has 0 aliphatic heterocycles. The first-order valence-electron chi connectivity index (χ1n) is 11.7. The van der Waals surface area contributed by atoms with Gasteiger partial charge >= 0.3 is 5.97 Å². The molecule has 0 aliphatic carbocycles. The molecule has 36 heavy (non-hydrogen) atoms. The summed E-state index contributed by atoms with van der Waals surface area (Å²) >= 11 is 6.26. The minimum absolute atomic E-state index is 0.0468. The fraction of sp³-hybridized carbons (Fsp3) is 0.385. The van der Waals surface area contributed by atoms with Crippen molar-refractivity contribution >= 4 is 45.8 Å². The second kappa shape index (κ2) is 12.5. The molecule has 0 spiro atoms. The molecular formula is C26H31ClN4O5. The number of benzene rings is 2. The number of rotatable bonds is 13. The van der Waals surface area contributed by atoms with Crippen LogP contribution < -0.4 is 20.5 Å². The van der Waals surface area contributed by atoms with Crippen molar-refractivity contribution in [3.05, 3.63) is 47.2 Å². The first-order chi connectivity index (χ1) is 17.2. The molecule has 1 heterocycles. The molecule has 3 rings (SSSR count). The number of nitrogens with zero attached hydrogens (tertiary/aromatic N) is 2. The highest BCUT2D eigenvalue weighted by atomic mass is 35.5. The molecule has 0 fully saturated rings. The van der Waals surface area contributed by atoms with Crippen molar-refractivity contribution < 1.29 is 24.2 Å². The van der Waals surface area contributed by atoms with Gasteiger partial charge in [-0.3, -0.25) is 9.59 Å². The molecule has 4 N–H and O–H groups in total. The highest BCUT2D eigenvalue weighted by Crippen LogP contribution is 2.35. The van der Waals surface area contributed by atoms with E-state index in [1.54, 1.807) is 51.3 Å². The van der Waals surface area contributed by atoms with Crippen molar-refractivity contribution in [2.75, 3.05) is 25.6 Å². The molecule has 0 saturated heterocycles. The normalized spacial score (nSPS) is 11.9. The molecule has 0 saturated carbocycles. The predicted octanol–water partition coefficient (Wildman–Crippen LogP) is 4.62. The van der Waals surface area contributed by atoms with Gasteiger partial charge < -0.3 is 25.6 Å². The summed E-state index contributed by atoms with van der Waals surface area (Å²) in [6.07, 6.45) is 2.13. The summed E-state index contributed by atoms with van der Waals surface area (Å²) in [5.41, 5.74) is 7.48. The zero-order valence-corrected chi connectivity index (χ0v) is 21.3. The van der Waals surface area contributed by atoms with Gasteiger partial charge in [0.1, 0.15) is 17.9 Å². The zero-order chi connectivity index (χ0) is 26.2. The van der Waals surface area contributed by atoms with Crippen molar-refractivity contribution in [1.29, 1.82) is 0 Å². The molecule has 3 aromatic rings. The van der Waals surface area contributed by atoms with Crippen LogP contribution in [0.4, 0.5) is 11.5 Å². The molecule has 0 aliphatic rings. The number of anilines is 2. The number of ketones is 1. The average Bonchev–Trinajstić information content (AvgIpc) is 2.84. The third-order valence-electron chi connectivity index (χ3n) is 5.81. The maximum absolute atomic E-state index is 12.8. The van der Waals surface area contributed by atoms with Gasteiger partial charge in [-0.1, -0.05) is 31.5 Å². The lowest BCUT2D eigenvalue weighted by atomic mass is 9.89. The van der Waals surface area contributed by atoms with Crippen LogP contribution in [0.3, 0.4) is 0 Å². The van der Waals surface area contributed by atoms with E-state index in [2.05, 4.69) is 15.3 Å². The van der Waals surface area contributed by atoms with E-state index in [4.69, 9.17) is 26.8 Å². The van der Waals surface area contributed by atoms with Crippen LogP contribution in [0.25, 0.3) is 10.9 Å². The first-order valence-corrected chi connectivity index (χ1v) is 12.1. The van der Waals surface area contributed by atoms with Gasteiger partial charge in [0.05, 0.1) is 25.2 Å². The van der Waals surface area contributed by atoms with E-state index in [1.165, 1.54) is 6.33 Å². The van der Waals surface area contributed by atoms with E-state index in [9.17, 15) is 14.7 Å². The van der Waals surface area contributed by atoms with Crippen LogP contribution in [-0.4, -0.2) is 47.1 Å². The van der Waals surface area contributed by atoms with Crippen LogP contribution in [0.1, 0.15) is 32.3 Å². The molecule has 192 valence electrons. The SMILES string of the molecule is COc1cc2ncnc(Nc3cc(Cl)ccc3CC(=O)C[C@@H](C(=O)O)C(C)C)c2cc1OCCCN. The van der Waals surface area contributed by atoms with Crippen molar-refractivity contribution in [1.82, 2.24) is 9.97 Å². The van der Waals surface area contributed by atoms with E-state index < -0.39 is 11.9 Å². The lowest BCUT2D eigenvalue weighted by Gasteiger charge is -2.17. The summed E-state index contributed by atoms with van der Waals surface area (Å²) < 4.78 is 11.3. The number of hydrogen-bond donors (Lipinski definition) is 3. The second-order valence-corrected chi connectivity index (χ2v) is 9.20. The summed E-state index contributed by atoms with van der Waals surface area (Å²) in [6, 6.07) is 8.71. The zero-order valence-electron chi connectivity index (χ0n) is 20.6. The number of carboxylic acid groups (broad SMARTS) is 1. The number of Topliss-reactive ketones (excluding diaryl/α,β-unsaturated/α-hetero) is 1. The summed E-state index contributed by atoms with van der Waals surface area (Å²) in [4.78, 5) is 33.1. The van der Waals surface area contributed by atoms with Crippen molar-refractivity contribution in [3.63, 3.8) is 0 Å². The Balaban J connectivity index is 1.93. The smallest absolute Gasteiger partial charge is 0.307 e. The molecule has 0 amide bonds. The molecule has 0 radical (unpaired) electrons. The predicted molar refractivity (Wildman–Crippen MR) is 139 cm³/mol. The van der Waals surface area contributed by atoms with E-state index in [0.29, 0.717) is 64.1 Å². The largest absolute Gasteiger partial charge is 0.493 e. The molecule has 2 aromatic carbocycles. The van der Waals surface area contributed by atoms with Gasteiger partial charge in [0.15, 0.2) is 11.5 Å². The van der Waals surface area contributed by atoms with Gasteiger partial charge in [0, 0.05) is 35.0 Å². The standard InChI is InChI=1S/C26H31ClN4O5/c1-15(2)19(26(33)34)11-18(32)9-16-5-6-17(27)10-21(16)31-25-20-12-24(36-8-4-7-28)23(35-3)13-22(20)29-14-30-25/h5-6,10,12-15,19H,4,7-9,11,28H2,1-3H3,(H,33,34)(H,29,30,31)/t19-/m1/s1. The van der Waals surface area contributed by atoms with Gasteiger partial charge in [-0.15, -0.1) is 0 Å². The molecule has 1 atom stereocenters. The Morgan fingerprint density at radius 2 is 1.94 bits per heavy atom. The van der Waals surface area contributed by atoms with Crippen molar-refractivity contribution in [2.24, 2.45) is 17.6 Å². The molecule has 0 bridgehead atoms. The Morgan fingerprint density at radius 1 is 1.17 bits per heavy atom. The molecule has 10 heteroatoms. The third kappa shape index (κ3) is 6.83. The Morgan fingerprint density at radius 3 is 2.61 bits per heavy atom. The Kier molecular flexibility index (Phi) is 9.44. The molecule has 1 aromatic heterocycles. The number of methoxy groups -OCH3 is 1. The first kappa shape index (κ1) is 27.2. The van der Waals surface area contributed by atoms with Crippen LogP contribution in [0.5, 0.6) is 11.5 Å². The fourth-order valence-corrected chi connectivity index (χ4v) is 3.96. The maximum atomic E-state index is 12.8. The number of fused-ring (bicyclic) bond motifs is 1. The summed E-state index contributed by atoms with van der Waals surface area (Å²) in [6.45, 7) is 4.53. The number of hydrogen-bond acceptors (Lipinski definition) is 8. The van der Waals surface area contributed by atoms with Crippen LogP contribution >= 0.6 is 11.6 Å². The number of carboxylic acids is 1. The minimum atomic E-state index is -0.972. The molecular weight excluding hydrogens is 484 g/mol. The monoisotopic (exact) mass is 514 g/mol. The topological polar surface area (TPSA) is 137 Å².